The Morgan fingerprint density at radius 1 is 0.795 bits per heavy atom. The molecule has 0 amide bonds. The van der Waals surface area contributed by atoms with Gasteiger partial charge in [0.15, 0.2) is 11.5 Å². The molecular weight excluding hydrogens is 502 g/mol. The van der Waals surface area contributed by atoms with E-state index in [1.807, 2.05) is 27.7 Å². The molecule has 0 aromatic heterocycles. The molecule has 0 heterocycles. The normalized spacial score (nSPS) is 15.8. The lowest BCUT2D eigenvalue weighted by Gasteiger charge is -2.34. The van der Waals surface area contributed by atoms with Crippen molar-refractivity contribution in [3.63, 3.8) is 0 Å². The second kappa shape index (κ2) is 16.2. The minimum absolute atomic E-state index is 0.00795. The molecule has 0 bridgehead atoms. The molecule has 9 nitrogen and oxygen atoms in total. The molecule has 2 N–H and O–H groups in total. The van der Waals surface area contributed by atoms with Gasteiger partial charge in [0.25, 0.3) is 5.72 Å². The first-order valence-corrected chi connectivity index (χ1v) is 14.1. The summed E-state index contributed by atoms with van der Waals surface area (Å²) >= 11 is 0. The molecule has 0 aliphatic rings. The molecule has 0 fully saturated rings. The molecule has 0 spiro atoms. The highest BCUT2D eigenvalue weighted by atomic mass is 16.6. The summed E-state index contributed by atoms with van der Waals surface area (Å²) in [5.41, 5.74) is -1.64. The Kier molecular flexibility index (Phi) is 14.2. The Balaban J connectivity index is 3.53. The number of nitrogens with one attached hydrogen (secondary N) is 1. The SMILES string of the molecule is CCCC(C)C(=O)Oc1ccc(C[C@](NC(C)CC)(OC(=O)C(C)CC)C(=O)O)cc1OC(=O)C(C)CCC. The van der Waals surface area contributed by atoms with Gasteiger partial charge >= 0.3 is 23.9 Å². The Morgan fingerprint density at radius 2 is 1.33 bits per heavy atom. The van der Waals surface area contributed by atoms with Crippen molar-refractivity contribution < 1.29 is 38.5 Å². The lowest BCUT2D eigenvalue weighted by atomic mass is 9.99. The van der Waals surface area contributed by atoms with E-state index < -0.39 is 35.5 Å². The van der Waals surface area contributed by atoms with E-state index in [-0.39, 0.29) is 35.8 Å². The zero-order valence-corrected chi connectivity index (χ0v) is 24.8. The molecule has 1 aromatic rings. The predicted molar refractivity (Wildman–Crippen MR) is 148 cm³/mol. The first kappa shape index (κ1) is 34.1. The summed E-state index contributed by atoms with van der Waals surface area (Å²) < 4.78 is 16.9. The number of carboxylic acids is 1. The van der Waals surface area contributed by atoms with Crippen LogP contribution in [0.1, 0.15) is 99.5 Å². The van der Waals surface area contributed by atoms with Gasteiger partial charge in [0.1, 0.15) is 0 Å². The third kappa shape index (κ3) is 10.3. The monoisotopic (exact) mass is 549 g/mol. The average Bonchev–Trinajstić information content (AvgIpc) is 2.89. The number of carboxylic acid groups (broad SMARTS) is 1. The van der Waals surface area contributed by atoms with Crippen LogP contribution in [0.5, 0.6) is 11.5 Å². The number of hydrogen-bond acceptors (Lipinski definition) is 8. The largest absolute Gasteiger partial charge is 0.477 e. The van der Waals surface area contributed by atoms with Gasteiger partial charge in [-0.25, -0.2) is 4.79 Å². The molecule has 1 aromatic carbocycles. The van der Waals surface area contributed by atoms with Crippen LogP contribution in [0.2, 0.25) is 0 Å². The molecule has 9 heteroatoms. The third-order valence-electron chi connectivity index (χ3n) is 6.86. The van der Waals surface area contributed by atoms with E-state index in [1.165, 1.54) is 12.1 Å². The molecule has 4 unspecified atom stereocenters. The molecule has 0 aliphatic heterocycles. The molecule has 0 saturated carbocycles. The summed E-state index contributed by atoms with van der Waals surface area (Å²) in [4.78, 5) is 50.8. The summed E-state index contributed by atoms with van der Waals surface area (Å²) in [7, 11) is 0. The molecule has 39 heavy (non-hydrogen) atoms. The summed E-state index contributed by atoms with van der Waals surface area (Å²) in [6, 6.07) is 4.24. The fourth-order valence-corrected chi connectivity index (χ4v) is 3.87. The zero-order chi connectivity index (χ0) is 29.8. The van der Waals surface area contributed by atoms with Crippen LogP contribution in [0.25, 0.3) is 0 Å². The second-order valence-electron chi connectivity index (χ2n) is 10.5. The Morgan fingerprint density at radius 3 is 1.79 bits per heavy atom. The first-order chi connectivity index (χ1) is 18.3. The van der Waals surface area contributed by atoms with Crippen molar-refractivity contribution in [2.75, 3.05) is 0 Å². The van der Waals surface area contributed by atoms with E-state index in [2.05, 4.69) is 5.32 Å². The molecule has 220 valence electrons. The van der Waals surface area contributed by atoms with E-state index in [1.54, 1.807) is 33.8 Å². The van der Waals surface area contributed by atoms with Crippen LogP contribution < -0.4 is 14.8 Å². The van der Waals surface area contributed by atoms with Crippen LogP contribution in [-0.4, -0.2) is 40.8 Å². The summed E-state index contributed by atoms with van der Waals surface area (Å²) in [5.74, 6) is -4.08. The van der Waals surface area contributed by atoms with Crippen LogP contribution in [0, 0.1) is 17.8 Å². The van der Waals surface area contributed by atoms with E-state index in [4.69, 9.17) is 14.2 Å². The van der Waals surface area contributed by atoms with Crippen molar-refractivity contribution >= 4 is 23.9 Å². The maximum absolute atomic E-state index is 12.8. The quantitative estimate of drug-likeness (QED) is 0.143. The van der Waals surface area contributed by atoms with Gasteiger partial charge in [0.2, 0.25) is 0 Å². The summed E-state index contributed by atoms with van der Waals surface area (Å²) in [5, 5.41) is 13.2. The lowest BCUT2D eigenvalue weighted by molar-refractivity contribution is -0.187. The second-order valence-corrected chi connectivity index (χ2v) is 10.5. The van der Waals surface area contributed by atoms with Crippen LogP contribution in [0.4, 0.5) is 0 Å². The number of rotatable bonds is 17. The first-order valence-electron chi connectivity index (χ1n) is 14.1. The van der Waals surface area contributed by atoms with E-state index in [0.29, 0.717) is 31.2 Å². The van der Waals surface area contributed by atoms with E-state index >= 15 is 0 Å². The molecule has 0 aliphatic carbocycles. The molecule has 5 atom stereocenters. The van der Waals surface area contributed by atoms with Crippen LogP contribution in [0.15, 0.2) is 18.2 Å². The van der Waals surface area contributed by atoms with Gasteiger partial charge in [0, 0.05) is 12.5 Å². The van der Waals surface area contributed by atoms with E-state index in [0.717, 1.165) is 12.8 Å². The van der Waals surface area contributed by atoms with Gasteiger partial charge < -0.3 is 19.3 Å². The Labute approximate surface area is 233 Å². The van der Waals surface area contributed by atoms with Gasteiger partial charge in [-0.3, -0.25) is 19.7 Å². The highest BCUT2D eigenvalue weighted by molar-refractivity contribution is 5.83. The maximum atomic E-state index is 12.8. The number of ether oxygens (including phenoxy) is 3. The standard InChI is InChI=1S/C30H47NO8/c1-9-13-20(6)26(32)37-24-16-15-23(17-25(24)38-27(33)21(7)14-10-2)18-30(29(35)36,31-22(8)12-4)39-28(34)19(5)11-3/h15-17,19-22,31H,9-14,18H2,1-8H3,(H,35,36)/t19?,20?,21?,22?,30-/m0/s1. The smallest absolute Gasteiger partial charge is 0.364 e. The number of benzene rings is 1. The number of carbonyl (C=O) groups excluding carboxylic acids is 3. The predicted octanol–water partition coefficient (Wildman–Crippen LogP) is 5.67. The average molecular weight is 550 g/mol. The topological polar surface area (TPSA) is 128 Å². The molecule has 0 radical (unpaired) electrons. The van der Waals surface area contributed by atoms with Gasteiger partial charge in [-0.1, -0.05) is 67.4 Å². The molecule has 1 rings (SSSR count). The number of carbonyl (C=O) groups is 4. The van der Waals surface area contributed by atoms with Gasteiger partial charge in [-0.05, 0) is 50.3 Å². The highest BCUT2D eigenvalue weighted by Crippen LogP contribution is 2.32. The Hall–Kier alpha value is -2.94. The minimum Gasteiger partial charge on any atom is -0.477 e. The van der Waals surface area contributed by atoms with Crippen molar-refractivity contribution in [1.29, 1.82) is 0 Å². The van der Waals surface area contributed by atoms with Crippen LogP contribution >= 0.6 is 0 Å². The van der Waals surface area contributed by atoms with E-state index in [9.17, 15) is 24.3 Å². The van der Waals surface area contributed by atoms with Gasteiger partial charge in [-0.15, -0.1) is 0 Å². The molecule has 0 saturated heterocycles. The van der Waals surface area contributed by atoms with Crippen molar-refractivity contribution in [2.45, 2.75) is 112 Å². The fourth-order valence-electron chi connectivity index (χ4n) is 3.87. The highest BCUT2D eigenvalue weighted by Gasteiger charge is 2.44. The lowest BCUT2D eigenvalue weighted by Crippen LogP contribution is -2.60. The van der Waals surface area contributed by atoms with Crippen LogP contribution in [0.3, 0.4) is 0 Å². The third-order valence-corrected chi connectivity index (χ3v) is 6.86. The van der Waals surface area contributed by atoms with Gasteiger partial charge in [0.05, 0.1) is 17.8 Å². The van der Waals surface area contributed by atoms with Crippen molar-refractivity contribution in [1.82, 2.24) is 5.32 Å². The fraction of sp³-hybridized carbons (Fsp3) is 0.667. The summed E-state index contributed by atoms with van der Waals surface area (Å²) in [6.45, 7) is 14.6. The molecular formula is C30H47NO8. The van der Waals surface area contributed by atoms with Crippen molar-refractivity contribution in [2.24, 2.45) is 17.8 Å². The number of aliphatic carboxylic acids is 1. The van der Waals surface area contributed by atoms with Crippen molar-refractivity contribution in [3.8, 4) is 11.5 Å². The number of hydrogen-bond donors (Lipinski definition) is 2. The van der Waals surface area contributed by atoms with Crippen molar-refractivity contribution in [3.05, 3.63) is 23.8 Å². The maximum Gasteiger partial charge on any atom is 0.364 e. The number of esters is 3. The Bertz CT molecular complexity index is 978. The minimum atomic E-state index is -2.06. The van der Waals surface area contributed by atoms with Crippen LogP contribution in [-0.2, 0) is 30.3 Å². The zero-order valence-electron chi connectivity index (χ0n) is 24.8. The summed E-state index contributed by atoms with van der Waals surface area (Å²) in [6.07, 6.45) is 3.70. The van der Waals surface area contributed by atoms with Gasteiger partial charge in [-0.2, -0.15) is 0 Å².